The van der Waals surface area contributed by atoms with Gasteiger partial charge in [-0.25, -0.2) is 0 Å². The highest BCUT2D eigenvalue weighted by Gasteiger charge is 2.42. The van der Waals surface area contributed by atoms with Gasteiger partial charge in [-0.05, 0) is 44.1 Å². The third-order valence-electron chi connectivity index (χ3n) is 5.24. The molecule has 2 fully saturated rings. The second kappa shape index (κ2) is 7.46. The molecule has 3 rings (SSSR count). The Morgan fingerprint density at radius 1 is 1.08 bits per heavy atom. The number of likely N-dealkylation sites (tertiary alicyclic amines) is 1. The third-order valence-corrected chi connectivity index (χ3v) is 6.23. The fourth-order valence-electron chi connectivity index (χ4n) is 4.11. The molecule has 2 N–H and O–H groups in total. The average molecular weight is 349 g/mol. The van der Waals surface area contributed by atoms with E-state index in [1.807, 2.05) is 4.90 Å². The summed E-state index contributed by atoms with van der Waals surface area (Å²) in [4.78, 5) is 14.4. The van der Waals surface area contributed by atoms with Crippen molar-refractivity contribution in [3.05, 3.63) is 34.9 Å². The van der Waals surface area contributed by atoms with Crippen molar-refractivity contribution in [2.24, 2.45) is 11.8 Å². The third kappa shape index (κ3) is 4.13. The lowest BCUT2D eigenvalue weighted by Crippen LogP contribution is -2.38. The van der Waals surface area contributed by atoms with Gasteiger partial charge in [-0.15, -0.1) is 11.8 Å². The Hall–Kier alpha value is -1.04. The van der Waals surface area contributed by atoms with Gasteiger partial charge in [0.15, 0.2) is 0 Å². The Balaban J connectivity index is 1.48. The smallest absolute Gasteiger partial charge is 0.232 e. The van der Waals surface area contributed by atoms with Crippen molar-refractivity contribution in [1.82, 2.24) is 4.90 Å². The predicted octanol–water partition coefficient (Wildman–Crippen LogP) is 2.13. The maximum Gasteiger partial charge on any atom is 0.232 e. The first-order valence-corrected chi connectivity index (χ1v) is 9.86. The molecule has 1 aromatic rings. The number of amides is 1. The summed E-state index contributed by atoms with van der Waals surface area (Å²) in [7, 11) is 0. The Morgan fingerprint density at radius 2 is 1.62 bits per heavy atom. The normalized spacial score (nSPS) is 29.6. The quantitative estimate of drug-likeness (QED) is 0.874. The van der Waals surface area contributed by atoms with E-state index in [4.69, 9.17) is 0 Å². The van der Waals surface area contributed by atoms with Crippen LogP contribution in [0.3, 0.4) is 0 Å². The first-order valence-electron chi connectivity index (χ1n) is 8.71. The second-order valence-electron chi connectivity index (χ2n) is 7.41. The van der Waals surface area contributed by atoms with Crippen LogP contribution in [0.4, 0.5) is 0 Å². The monoisotopic (exact) mass is 349 g/mol. The zero-order valence-electron chi connectivity index (χ0n) is 14.4. The summed E-state index contributed by atoms with van der Waals surface area (Å²) < 4.78 is 0. The Kier molecular flexibility index (Phi) is 5.52. The average Bonchev–Trinajstić information content (AvgIpc) is 2.89. The van der Waals surface area contributed by atoms with Crippen molar-refractivity contribution in [2.45, 2.75) is 44.6 Å². The summed E-state index contributed by atoms with van der Waals surface area (Å²) in [5.41, 5.74) is 3.79. The van der Waals surface area contributed by atoms with Gasteiger partial charge in [0.25, 0.3) is 0 Å². The number of aliphatic hydroxyl groups excluding tert-OH is 2. The van der Waals surface area contributed by atoms with Crippen LogP contribution in [0.5, 0.6) is 0 Å². The lowest BCUT2D eigenvalue weighted by Gasteiger charge is -2.31. The standard InChI is InChI=1S/C19H27NO3S/c1-12-3-13(2)5-14(4-12)10-24-11-19(23)20-8-15-6-17(21)18(22)7-16(15)9-20/h3-5,15-18,21-22H,6-11H2,1-2H3. The van der Waals surface area contributed by atoms with E-state index in [2.05, 4.69) is 32.0 Å². The molecule has 2 aliphatic rings. The molecule has 0 aromatic heterocycles. The number of thioether (sulfide) groups is 1. The Bertz CT molecular complexity index is 568. The van der Waals surface area contributed by atoms with Gasteiger partial charge < -0.3 is 15.1 Å². The molecule has 4 unspecified atom stereocenters. The van der Waals surface area contributed by atoms with Gasteiger partial charge in [0.1, 0.15) is 0 Å². The summed E-state index contributed by atoms with van der Waals surface area (Å²) in [5.74, 6) is 2.22. The number of fused-ring (bicyclic) bond motifs is 1. The molecule has 0 spiro atoms. The SMILES string of the molecule is Cc1cc(C)cc(CSCC(=O)N2CC3CC(O)C(O)CC3C2)c1. The number of hydrogen-bond acceptors (Lipinski definition) is 4. The number of rotatable bonds is 4. The highest BCUT2D eigenvalue weighted by Crippen LogP contribution is 2.36. The van der Waals surface area contributed by atoms with Gasteiger partial charge >= 0.3 is 0 Å². The fraction of sp³-hybridized carbons (Fsp3) is 0.632. The topological polar surface area (TPSA) is 60.8 Å². The molecular weight excluding hydrogens is 322 g/mol. The number of benzene rings is 1. The van der Waals surface area contributed by atoms with Crippen molar-refractivity contribution in [3.63, 3.8) is 0 Å². The zero-order valence-corrected chi connectivity index (χ0v) is 15.3. The minimum Gasteiger partial charge on any atom is -0.390 e. The van der Waals surface area contributed by atoms with E-state index in [0.717, 1.165) is 18.8 Å². The van der Waals surface area contributed by atoms with E-state index in [1.54, 1.807) is 11.8 Å². The number of carbonyl (C=O) groups is 1. The van der Waals surface area contributed by atoms with Crippen molar-refractivity contribution >= 4 is 17.7 Å². The van der Waals surface area contributed by atoms with Crippen LogP contribution in [0.2, 0.25) is 0 Å². The molecule has 4 atom stereocenters. The number of carbonyl (C=O) groups excluding carboxylic acids is 1. The maximum absolute atomic E-state index is 12.5. The van der Waals surface area contributed by atoms with E-state index in [-0.39, 0.29) is 5.91 Å². The van der Waals surface area contributed by atoms with Gasteiger partial charge in [-0.2, -0.15) is 0 Å². The molecule has 4 nitrogen and oxygen atoms in total. The molecule has 1 heterocycles. The maximum atomic E-state index is 12.5. The number of hydrogen-bond donors (Lipinski definition) is 2. The largest absolute Gasteiger partial charge is 0.390 e. The van der Waals surface area contributed by atoms with Gasteiger partial charge in [0, 0.05) is 18.8 Å². The molecule has 1 aliphatic carbocycles. The molecule has 24 heavy (non-hydrogen) atoms. The van der Waals surface area contributed by atoms with E-state index < -0.39 is 12.2 Å². The number of aliphatic hydroxyl groups is 2. The second-order valence-corrected chi connectivity index (χ2v) is 8.40. The van der Waals surface area contributed by atoms with Crippen LogP contribution in [-0.2, 0) is 10.5 Å². The van der Waals surface area contributed by atoms with Gasteiger partial charge in [-0.3, -0.25) is 4.79 Å². The molecule has 5 heteroatoms. The summed E-state index contributed by atoms with van der Waals surface area (Å²) in [5, 5.41) is 19.6. The molecule has 1 aromatic carbocycles. The van der Waals surface area contributed by atoms with Crippen LogP contribution in [0.25, 0.3) is 0 Å². The first-order chi connectivity index (χ1) is 11.4. The molecule has 1 aliphatic heterocycles. The van der Waals surface area contributed by atoms with Crippen LogP contribution < -0.4 is 0 Å². The van der Waals surface area contributed by atoms with Crippen molar-refractivity contribution in [3.8, 4) is 0 Å². The van der Waals surface area contributed by atoms with Gasteiger partial charge in [0.05, 0.1) is 18.0 Å². The summed E-state index contributed by atoms with van der Waals surface area (Å²) in [6.45, 7) is 5.66. The van der Waals surface area contributed by atoms with Crippen LogP contribution in [0.1, 0.15) is 29.5 Å². The predicted molar refractivity (Wildman–Crippen MR) is 96.9 cm³/mol. The number of nitrogens with zero attached hydrogens (tertiary/aromatic N) is 1. The lowest BCUT2D eigenvalue weighted by atomic mass is 9.79. The summed E-state index contributed by atoms with van der Waals surface area (Å²) in [6.07, 6.45) is -0.0168. The van der Waals surface area contributed by atoms with Crippen LogP contribution in [0, 0.1) is 25.7 Å². The van der Waals surface area contributed by atoms with Crippen molar-refractivity contribution in [2.75, 3.05) is 18.8 Å². The highest BCUT2D eigenvalue weighted by atomic mass is 32.2. The number of aryl methyl sites for hydroxylation is 2. The van der Waals surface area contributed by atoms with Crippen LogP contribution in [0.15, 0.2) is 18.2 Å². The van der Waals surface area contributed by atoms with Crippen molar-refractivity contribution < 1.29 is 15.0 Å². The minimum absolute atomic E-state index is 0.183. The van der Waals surface area contributed by atoms with Crippen LogP contribution >= 0.6 is 11.8 Å². The molecular formula is C19H27NO3S. The first kappa shape index (κ1) is 17.8. The zero-order chi connectivity index (χ0) is 17.3. The van der Waals surface area contributed by atoms with Gasteiger partial charge in [0.2, 0.25) is 5.91 Å². The fourth-order valence-corrected chi connectivity index (χ4v) is 4.97. The summed E-state index contributed by atoms with van der Waals surface area (Å²) >= 11 is 1.66. The van der Waals surface area contributed by atoms with E-state index in [1.165, 1.54) is 16.7 Å². The van der Waals surface area contributed by atoms with Crippen molar-refractivity contribution in [1.29, 1.82) is 0 Å². The van der Waals surface area contributed by atoms with E-state index >= 15 is 0 Å². The van der Waals surface area contributed by atoms with E-state index in [0.29, 0.717) is 30.4 Å². The lowest BCUT2D eigenvalue weighted by molar-refractivity contribution is -0.127. The highest BCUT2D eigenvalue weighted by molar-refractivity contribution is 7.99. The van der Waals surface area contributed by atoms with E-state index in [9.17, 15) is 15.0 Å². The minimum atomic E-state index is -0.625. The molecule has 132 valence electrons. The van der Waals surface area contributed by atoms with Gasteiger partial charge in [-0.1, -0.05) is 29.3 Å². The Morgan fingerprint density at radius 3 is 2.17 bits per heavy atom. The Labute approximate surface area is 148 Å². The van der Waals surface area contributed by atoms with Crippen LogP contribution in [-0.4, -0.2) is 52.1 Å². The molecule has 1 saturated carbocycles. The molecule has 1 saturated heterocycles. The molecule has 1 amide bonds. The summed E-state index contributed by atoms with van der Waals surface area (Å²) in [6, 6.07) is 6.52. The molecule has 0 bridgehead atoms. The molecule has 0 radical (unpaired) electrons.